The number of amides is 1. The van der Waals surface area contributed by atoms with E-state index in [1.54, 1.807) is 0 Å². The highest BCUT2D eigenvalue weighted by Gasteiger charge is 2.28. The van der Waals surface area contributed by atoms with Crippen molar-refractivity contribution in [1.29, 1.82) is 0 Å². The number of aliphatic hydroxyl groups excluding tert-OH is 1. The fourth-order valence-electron chi connectivity index (χ4n) is 1.58. The van der Waals surface area contributed by atoms with E-state index < -0.39 is 36.4 Å². The Morgan fingerprint density at radius 1 is 1.55 bits per heavy atom. The van der Waals surface area contributed by atoms with Crippen LogP contribution in [0.15, 0.2) is 0 Å². The van der Waals surface area contributed by atoms with E-state index in [2.05, 4.69) is 5.10 Å². The van der Waals surface area contributed by atoms with Crippen LogP contribution in [0, 0.1) is 24.0 Å². The second kappa shape index (κ2) is 5.90. The van der Waals surface area contributed by atoms with Gasteiger partial charge in [-0.05, 0) is 13.8 Å². The van der Waals surface area contributed by atoms with E-state index in [0.29, 0.717) is 0 Å². The number of nitro groups is 1. The summed E-state index contributed by atoms with van der Waals surface area (Å²) in [6.45, 7) is 0.0254. The van der Waals surface area contributed by atoms with Crippen LogP contribution in [0.2, 0.25) is 0 Å². The van der Waals surface area contributed by atoms with Crippen LogP contribution in [0.1, 0.15) is 11.4 Å². The predicted molar refractivity (Wildman–Crippen MR) is 63.4 cm³/mol. The molecule has 0 bridgehead atoms. The Hall–Kier alpha value is -2.10. The zero-order chi connectivity index (χ0) is 15.5. The molecule has 10 heteroatoms. The Morgan fingerprint density at radius 3 is 2.60 bits per heavy atom. The molecule has 1 amide bonds. The van der Waals surface area contributed by atoms with Gasteiger partial charge in [-0.15, -0.1) is 0 Å². The largest absolute Gasteiger partial charge is 0.390 e. The standard InChI is InChI=1S/C10H14F2N4O4/c1-6-9(16(19)20)7(2)15(14-6)3-8(18)13-4-10(11,12)5-17/h17H,3-5H2,1-2H3,(H,13,18). The molecule has 1 aromatic rings. The van der Waals surface area contributed by atoms with Gasteiger partial charge in [-0.25, -0.2) is 8.78 Å². The fourth-order valence-corrected chi connectivity index (χ4v) is 1.58. The van der Waals surface area contributed by atoms with Gasteiger partial charge in [-0.3, -0.25) is 19.6 Å². The van der Waals surface area contributed by atoms with Crippen molar-refractivity contribution in [2.45, 2.75) is 26.3 Å². The molecule has 0 fully saturated rings. The van der Waals surface area contributed by atoms with Crippen molar-refractivity contribution in [2.24, 2.45) is 0 Å². The Labute approximate surface area is 112 Å². The lowest BCUT2D eigenvalue weighted by atomic mass is 10.3. The van der Waals surface area contributed by atoms with E-state index in [1.165, 1.54) is 13.8 Å². The number of halogens is 2. The first kappa shape index (κ1) is 16.0. The number of carbonyl (C=O) groups is 1. The van der Waals surface area contributed by atoms with Crippen molar-refractivity contribution in [2.75, 3.05) is 13.2 Å². The van der Waals surface area contributed by atoms with Gasteiger partial charge in [0.05, 0.1) is 11.5 Å². The molecule has 0 saturated heterocycles. The van der Waals surface area contributed by atoms with Crippen LogP contribution in [0.25, 0.3) is 0 Å². The van der Waals surface area contributed by atoms with E-state index in [0.717, 1.165) is 4.68 Å². The van der Waals surface area contributed by atoms with Crippen LogP contribution in [-0.2, 0) is 11.3 Å². The minimum Gasteiger partial charge on any atom is -0.390 e. The molecule has 0 saturated carbocycles. The van der Waals surface area contributed by atoms with Crippen LogP contribution >= 0.6 is 0 Å². The number of aliphatic hydroxyl groups is 1. The maximum absolute atomic E-state index is 12.7. The molecule has 0 atom stereocenters. The van der Waals surface area contributed by atoms with Crippen LogP contribution in [0.5, 0.6) is 0 Å². The zero-order valence-corrected chi connectivity index (χ0v) is 10.9. The number of alkyl halides is 2. The lowest BCUT2D eigenvalue weighted by Crippen LogP contribution is -2.40. The van der Waals surface area contributed by atoms with Crippen molar-refractivity contribution in [3.63, 3.8) is 0 Å². The van der Waals surface area contributed by atoms with Gasteiger partial charge in [0.1, 0.15) is 24.5 Å². The van der Waals surface area contributed by atoms with Crippen molar-refractivity contribution in [1.82, 2.24) is 15.1 Å². The third-order valence-corrected chi connectivity index (χ3v) is 2.59. The Balaban J connectivity index is 2.73. The summed E-state index contributed by atoms with van der Waals surface area (Å²) in [6, 6.07) is 0. The van der Waals surface area contributed by atoms with Gasteiger partial charge in [0.2, 0.25) is 5.91 Å². The molecule has 0 aromatic carbocycles. The Bertz CT molecular complexity index is 530. The summed E-state index contributed by atoms with van der Waals surface area (Å²) in [5, 5.41) is 24.9. The van der Waals surface area contributed by atoms with E-state index in [4.69, 9.17) is 5.11 Å². The van der Waals surface area contributed by atoms with Crippen molar-refractivity contribution in [3.05, 3.63) is 21.5 Å². The molecule has 8 nitrogen and oxygen atoms in total. The molecular formula is C10H14F2N4O4. The van der Waals surface area contributed by atoms with E-state index in [-0.39, 0.29) is 17.1 Å². The van der Waals surface area contributed by atoms with Gasteiger partial charge < -0.3 is 10.4 Å². The molecule has 2 N–H and O–H groups in total. The van der Waals surface area contributed by atoms with Crippen molar-refractivity contribution < 1.29 is 23.6 Å². The normalized spacial score (nSPS) is 11.4. The molecule has 0 radical (unpaired) electrons. The number of hydrogen-bond acceptors (Lipinski definition) is 5. The quantitative estimate of drug-likeness (QED) is 0.573. The molecule has 0 spiro atoms. The molecule has 20 heavy (non-hydrogen) atoms. The predicted octanol–water partition coefficient (Wildman–Crippen LogP) is 0.152. The second-order valence-electron chi connectivity index (χ2n) is 4.22. The van der Waals surface area contributed by atoms with Crippen LogP contribution < -0.4 is 5.32 Å². The molecular weight excluding hydrogens is 278 g/mol. The smallest absolute Gasteiger partial charge is 0.312 e. The van der Waals surface area contributed by atoms with Gasteiger partial charge >= 0.3 is 5.69 Å². The summed E-state index contributed by atoms with van der Waals surface area (Å²) in [4.78, 5) is 21.6. The first-order chi connectivity index (χ1) is 9.18. The molecule has 1 heterocycles. The number of aromatic nitrogens is 2. The molecule has 0 aliphatic heterocycles. The summed E-state index contributed by atoms with van der Waals surface area (Å²) >= 11 is 0. The van der Waals surface area contributed by atoms with Crippen molar-refractivity contribution >= 4 is 11.6 Å². The van der Waals surface area contributed by atoms with Crippen LogP contribution in [-0.4, -0.2) is 44.8 Å². The van der Waals surface area contributed by atoms with Crippen molar-refractivity contribution in [3.8, 4) is 0 Å². The van der Waals surface area contributed by atoms with Gasteiger partial charge in [-0.1, -0.05) is 0 Å². The summed E-state index contributed by atoms with van der Waals surface area (Å²) in [7, 11) is 0. The number of carbonyl (C=O) groups excluding carboxylic acids is 1. The average Bonchev–Trinajstić information content (AvgIpc) is 2.62. The number of aryl methyl sites for hydroxylation is 1. The summed E-state index contributed by atoms with van der Waals surface area (Å²) in [5.74, 6) is -4.19. The first-order valence-corrected chi connectivity index (χ1v) is 5.61. The van der Waals surface area contributed by atoms with Gasteiger partial charge in [-0.2, -0.15) is 5.10 Å². The van der Waals surface area contributed by atoms with E-state index in [9.17, 15) is 23.7 Å². The monoisotopic (exact) mass is 292 g/mol. The lowest BCUT2D eigenvalue weighted by Gasteiger charge is -2.14. The third kappa shape index (κ3) is 3.70. The second-order valence-corrected chi connectivity index (χ2v) is 4.22. The SMILES string of the molecule is Cc1nn(CC(=O)NCC(F)(F)CO)c(C)c1[N+](=O)[O-]. The molecule has 0 aliphatic carbocycles. The van der Waals surface area contributed by atoms with E-state index >= 15 is 0 Å². The van der Waals surface area contributed by atoms with Gasteiger partial charge in [0.25, 0.3) is 5.92 Å². The molecule has 0 unspecified atom stereocenters. The average molecular weight is 292 g/mol. The molecule has 112 valence electrons. The zero-order valence-electron chi connectivity index (χ0n) is 10.9. The minimum absolute atomic E-state index is 0.140. The Kier molecular flexibility index (Phi) is 4.71. The first-order valence-electron chi connectivity index (χ1n) is 5.61. The highest BCUT2D eigenvalue weighted by atomic mass is 19.3. The third-order valence-electron chi connectivity index (χ3n) is 2.59. The van der Waals surface area contributed by atoms with Crippen LogP contribution in [0.4, 0.5) is 14.5 Å². The molecule has 1 rings (SSSR count). The highest BCUT2D eigenvalue weighted by Crippen LogP contribution is 2.21. The Morgan fingerprint density at radius 2 is 2.15 bits per heavy atom. The fraction of sp³-hybridized carbons (Fsp3) is 0.600. The topological polar surface area (TPSA) is 110 Å². The summed E-state index contributed by atoms with van der Waals surface area (Å²) in [6.07, 6.45) is 0. The van der Waals surface area contributed by atoms with Gasteiger partial charge in [0, 0.05) is 0 Å². The maximum atomic E-state index is 12.7. The lowest BCUT2D eigenvalue weighted by molar-refractivity contribution is -0.386. The van der Waals surface area contributed by atoms with Crippen LogP contribution in [0.3, 0.4) is 0 Å². The summed E-state index contributed by atoms with van der Waals surface area (Å²) in [5.41, 5.74) is 0.0936. The van der Waals surface area contributed by atoms with E-state index in [1.807, 2.05) is 5.32 Å². The number of nitrogens with one attached hydrogen (secondary N) is 1. The highest BCUT2D eigenvalue weighted by molar-refractivity contribution is 5.75. The summed E-state index contributed by atoms with van der Waals surface area (Å²) < 4.78 is 26.5. The number of nitrogens with zero attached hydrogens (tertiary/aromatic N) is 3. The molecule has 1 aromatic heterocycles. The maximum Gasteiger partial charge on any atom is 0.312 e. The molecule has 0 aliphatic rings. The number of hydrogen-bond donors (Lipinski definition) is 2. The minimum atomic E-state index is -3.41. The number of rotatable bonds is 6. The van der Waals surface area contributed by atoms with Gasteiger partial charge in [0.15, 0.2) is 0 Å².